The molecule has 0 aliphatic carbocycles. The van der Waals surface area contributed by atoms with Gasteiger partial charge in [-0.15, -0.1) is 6.58 Å². The lowest BCUT2D eigenvalue weighted by Crippen LogP contribution is -2.54. The minimum atomic E-state index is -0.703. The predicted molar refractivity (Wildman–Crippen MR) is 48.3 cm³/mol. The lowest BCUT2D eigenvalue weighted by atomic mass is 9.88. The topological polar surface area (TPSA) is 58.6 Å². The van der Waals surface area contributed by atoms with Gasteiger partial charge in [-0.3, -0.25) is 0 Å². The number of ether oxygens (including phenoxy) is 1. The molecule has 1 aliphatic heterocycles. The van der Waals surface area contributed by atoms with Crippen molar-refractivity contribution in [3.05, 3.63) is 12.7 Å². The molecule has 4 heteroatoms. The van der Waals surface area contributed by atoms with Gasteiger partial charge < -0.3 is 15.2 Å². The Morgan fingerprint density at radius 1 is 1.92 bits per heavy atom. The van der Waals surface area contributed by atoms with E-state index in [9.17, 15) is 9.90 Å². The molecule has 3 unspecified atom stereocenters. The molecular formula is C9H15NO3. The predicted octanol–water partition coefficient (Wildman–Crippen LogP) is 0.810. The standard InChI is InChI=1S/C9H15NO3/c1-4-5-7(11)9(3)6(2)13-8(12)10-9/h4,6-7,11H,1,5H2,2-3H3,(H,10,12). The third kappa shape index (κ3) is 1.67. The molecule has 13 heavy (non-hydrogen) atoms. The summed E-state index contributed by atoms with van der Waals surface area (Å²) in [4.78, 5) is 10.9. The first-order chi connectivity index (χ1) is 6.00. The average Bonchev–Trinajstić information content (AvgIpc) is 2.28. The zero-order valence-corrected chi connectivity index (χ0v) is 7.91. The maximum Gasteiger partial charge on any atom is 0.408 e. The van der Waals surface area contributed by atoms with Crippen molar-refractivity contribution in [1.29, 1.82) is 0 Å². The largest absolute Gasteiger partial charge is 0.444 e. The van der Waals surface area contributed by atoms with E-state index in [1.165, 1.54) is 0 Å². The average molecular weight is 185 g/mol. The normalized spacial score (nSPS) is 35.0. The summed E-state index contributed by atoms with van der Waals surface area (Å²) in [5.74, 6) is 0. The van der Waals surface area contributed by atoms with Crippen LogP contribution in [0.4, 0.5) is 4.79 Å². The van der Waals surface area contributed by atoms with E-state index < -0.39 is 17.7 Å². The van der Waals surface area contributed by atoms with Crippen molar-refractivity contribution >= 4 is 6.09 Å². The minimum Gasteiger partial charge on any atom is -0.444 e. The summed E-state index contributed by atoms with van der Waals surface area (Å²) in [6.07, 6.45) is 0.594. The van der Waals surface area contributed by atoms with E-state index in [2.05, 4.69) is 11.9 Å². The number of alkyl carbamates (subject to hydrolysis) is 1. The van der Waals surface area contributed by atoms with Crippen LogP contribution in [-0.4, -0.2) is 28.9 Å². The van der Waals surface area contributed by atoms with E-state index in [1.807, 2.05) is 0 Å². The molecule has 0 bridgehead atoms. The zero-order valence-electron chi connectivity index (χ0n) is 7.91. The van der Waals surface area contributed by atoms with Crippen LogP contribution >= 0.6 is 0 Å². The van der Waals surface area contributed by atoms with Crippen LogP contribution in [0, 0.1) is 0 Å². The molecule has 0 aromatic rings. The Hall–Kier alpha value is -1.03. The Bertz CT molecular complexity index is 229. The van der Waals surface area contributed by atoms with Crippen molar-refractivity contribution in [2.75, 3.05) is 0 Å². The van der Waals surface area contributed by atoms with Crippen LogP contribution in [0.3, 0.4) is 0 Å². The summed E-state index contributed by atoms with van der Waals surface area (Å²) < 4.78 is 4.90. The van der Waals surface area contributed by atoms with Gasteiger partial charge in [-0.2, -0.15) is 0 Å². The number of aliphatic hydroxyl groups is 1. The number of hydrogen-bond acceptors (Lipinski definition) is 3. The van der Waals surface area contributed by atoms with Gasteiger partial charge in [-0.1, -0.05) is 6.08 Å². The van der Waals surface area contributed by atoms with Gasteiger partial charge in [0.05, 0.1) is 6.10 Å². The number of rotatable bonds is 3. The second-order valence-electron chi connectivity index (χ2n) is 3.50. The van der Waals surface area contributed by atoms with E-state index >= 15 is 0 Å². The van der Waals surface area contributed by atoms with Crippen molar-refractivity contribution in [2.45, 2.75) is 38.0 Å². The summed E-state index contributed by atoms with van der Waals surface area (Å²) in [7, 11) is 0. The van der Waals surface area contributed by atoms with Gasteiger partial charge in [-0.25, -0.2) is 4.79 Å². The minimum absolute atomic E-state index is 0.324. The number of nitrogens with one attached hydrogen (secondary N) is 1. The molecule has 4 nitrogen and oxygen atoms in total. The smallest absolute Gasteiger partial charge is 0.408 e. The number of amides is 1. The van der Waals surface area contributed by atoms with Crippen molar-refractivity contribution in [3.63, 3.8) is 0 Å². The number of cyclic esters (lactones) is 1. The number of carbonyl (C=O) groups is 1. The molecule has 1 aliphatic rings. The van der Waals surface area contributed by atoms with Crippen molar-refractivity contribution in [2.24, 2.45) is 0 Å². The van der Waals surface area contributed by atoms with Crippen LogP contribution < -0.4 is 5.32 Å². The van der Waals surface area contributed by atoms with Crippen molar-refractivity contribution in [1.82, 2.24) is 5.32 Å². The molecule has 0 radical (unpaired) electrons. The Kier molecular flexibility index (Phi) is 2.61. The summed E-state index contributed by atoms with van der Waals surface area (Å²) in [6, 6.07) is 0. The van der Waals surface area contributed by atoms with Gasteiger partial charge in [-0.05, 0) is 20.3 Å². The van der Waals surface area contributed by atoms with E-state index in [0.717, 1.165) is 0 Å². The maximum absolute atomic E-state index is 10.9. The Morgan fingerprint density at radius 3 is 2.92 bits per heavy atom. The zero-order chi connectivity index (χ0) is 10.1. The number of aliphatic hydroxyl groups excluding tert-OH is 1. The highest BCUT2D eigenvalue weighted by molar-refractivity contribution is 5.71. The monoisotopic (exact) mass is 185 g/mol. The van der Waals surface area contributed by atoms with Gasteiger partial charge >= 0.3 is 6.09 Å². The summed E-state index contributed by atoms with van der Waals surface area (Å²) in [6.45, 7) is 7.05. The van der Waals surface area contributed by atoms with E-state index in [4.69, 9.17) is 4.74 Å². The third-order valence-corrected chi connectivity index (χ3v) is 2.58. The quantitative estimate of drug-likeness (QED) is 0.640. The van der Waals surface area contributed by atoms with Crippen LogP contribution in [0.25, 0.3) is 0 Å². The second kappa shape index (κ2) is 3.38. The van der Waals surface area contributed by atoms with Crippen LogP contribution in [-0.2, 0) is 4.74 Å². The molecule has 1 rings (SSSR count). The fraction of sp³-hybridized carbons (Fsp3) is 0.667. The molecule has 1 saturated heterocycles. The number of hydrogen-bond donors (Lipinski definition) is 2. The first-order valence-electron chi connectivity index (χ1n) is 4.28. The molecule has 1 amide bonds. The van der Waals surface area contributed by atoms with Crippen LogP contribution in [0.5, 0.6) is 0 Å². The molecule has 1 fully saturated rings. The second-order valence-corrected chi connectivity index (χ2v) is 3.50. The summed E-state index contributed by atoms with van der Waals surface area (Å²) in [5.41, 5.74) is -0.703. The molecule has 0 spiro atoms. The molecule has 2 N–H and O–H groups in total. The van der Waals surface area contributed by atoms with Crippen LogP contribution in [0.1, 0.15) is 20.3 Å². The number of carbonyl (C=O) groups excluding carboxylic acids is 1. The first-order valence-corrected chi connectivity index (χ1v) is 4.28. The highest BCUT2D eigenvalue weighted by Crippen LogP contribution is 2.25. The molecule has 3 atom stereocenters. The van der Waals surface area contributed by atoms with Gasteiger partial charge in [0.15, 0.2) is 0 Å². The fourth-order valence-electron chi connectivity index (χ4n) is 1.39. The fourth-order valence-corrected chi connectivity index (χ4v) is 1.39. The Labute approximate surface area is 77.6 Å². The van der Waals surface area contributed by atoms with Gasteiger partial charge in [0, 0.05) is 0 Å². The van der Waals surface area contributed by atoms with Gasteiger partial charge in [0.1, 0.15) is 11.6 Å². The Morgan fingerprint density at radius 2 is 2.54 bits per heavy atom. The third-order valence-electron chi connectivity index (χ3n) is 2.58. The Balaban J connectivity index is 2.74. The molecule has 1 heterocycles. The maximum atomic E-state index is 10.9. The lowest BCUT2D eigenvalue weighted by molar-refractivity contribution is 0.0364. The summed E-state index contributed by atoms with van der Waals surface area (Å²) in [5, 5.41) is 12.3. The molecule has 0 saturated carbocycles. The summed E-state index contributed by atoms with van der Waals surface area (Å²) >= 11 is 0. The lowest BCUT2D eigenvalue weighted by Gasteiger charge is -2.30. The molecule has 0 aromatic heterocycles. The van der Waals surface area contributed by atoms with Crippen molar-refractivity contribution < 1.29 is 14.6 Å². The molecule has 74 valence electrons. The van der Waals surface area contributed by atoms with E-state index in [0.29, 0.717) is 6.42 Å². The van der Waals surface area contributed by atoms with Gasteiger partial charge in [0.25, 0.3) is 0 Å². The van der Waals surface area contributed by atoms with Crippen LogP contribution in [0.2, 0.25) is 0 Å². The van der Waals surface area contributed by atoms with E-state index in [1.54, 1.807) is 19.9 Å². The molecule has 0 aromatic carbocycles. The van der Waals surface area contributed by atoms with Crippen LogP contribution in [0.15, 0.2) is 12.7 Å². The highest BCUT2D eigenvalue weighted by atomic mass is 16.6. The first kappa shape index (κ1) is 10.1. The molecular weight excluding hydrogens is 170 g/mol. The van der Waals surface area contributed by atoms with E-state index in [-0.39, 0.29) is 6.10 Å². The highest BCUT2D eigenvalue weighted by Gasteiger charge is 2.46. The SMILES string of the molecule is C=CCC(O)C1(C)NC(=O)OC1C. The van der Waals surface area contributed by atoms with Crippen molar-refractivity contribution in [3.8, 4) is 0 Å². The van der Waals surface area contributed by atoms with Gasteiger partial charge in [0.2, 0.25) is 0 Å².